The highest BCUT2D eigenvalue weighted by Crippen LogP contribution is 2.32. The van der Waals surface area contributed by atoms with Gasteiger partial charge < -0.3 is 19.9 Å². The third-order valence-corrected chi connectivity index (χ3v) is 4.37. The molecule has 5 heteroatoms. The molecule has 22 heavy (non-hydrogen) atoms. The van der Waals surface area contributed by atoms with Crippen molar-refractivity contribution in [2.45, 2.75) is 45.9 Å². The van der Waals surface area contributed by atoms with Crippen molar-refractivity contribution in [1.29, 1.82) is 0 Å². The van der Waals surface area contributed by atoms with Crippen LogP contribution in [-0.4, -0.2) is 36.1 Å². The summed E-state index contributed by atoms with van der Waals surface area (Å²) >= 11 is 0. The fourth-order valence-electron chi connectivity index (χ4n) is 2.76. The van der Waals surface area contributed by atoms with E-state index in [1.165, 1.54) is 6.92 Å². The van der Waals surface area contributed by atoms with E-state index in [1.54, 1.807) is 0 Å². The van der Waals surface area contributed by atoms with E-state index in [2.05, 4.69) is 12.2 Å². The van der Waals surface area contributed by atoms with Gasteiger partial charge in [0.15, 0.2) is 6.29 Å². The topological polar surface area (TPSA) is 67.8 Å². The van der Waals surface area contributed by atoms with Crippen molar-refractivity contribution in [1.82, 2.24) is 5.32 Å². The largest absolute Gasteiger partial charge is 0.368 e. The number of hydrogen-bond donors (Lipinski definition) is 2. The molecule has 1 aliphatic heterocycles. The lowest BCUT2D eigenvalue weighted by Gasteiger charge is -2.42. The second-order valence-electron chi connectivity index (χ2n) is 5.98. The second kappa shape index (κ2) is 7.72. The molecule has 1 aromatic rings. The Morgan fingerprint density at radius 2 is 1.95 bits per heavy atom. The lowest BCUT2D eigenvalue weighted by atomic mass is 9.83. The maximum atomic E-state index is 11.0. The van der Waals surface area contributed by atoms with Gasteiger partial charge in [0.05, 0.1) is 12.7 Å². The average molecular weight is 307 g/mol. The van der Waals surface area contributed by atoms with Crippen LogP contribution in [0.5, 0.6) is 0 Å². The van der Waals surface area contributed by atoms with Crippen molar-refractivity contribution in [2.75, 3.05) is 6.54 Å². The number of carbonyl (C=O) groups is 1. The summed E-state index contributed by atoms with van der Waals surface area (Å²) in [7, 11) is 0. The monoisotopic (exact) mass is 307 g/mol. The number of benzene rings is 1. The van der Waals surface area contributed by atoms with Crippen LogP contribution in [0.25, 0.3) is 0 Å². The molecule has 5 unspecified atom stereocenters. The first-order chi connectivity index (χ1) is 10.5. The van der Waals surface area contributed by atoms with Crippen LogP contribution in [0, 0.1) is 11.8 Å². The average Bonchev–Trinajstić information content (AvgIpc) is 2.50. The molecular weight excluding hydrogens is 282 g/mol. The molecule has 0 saturated carbocycles. The van der Waals surface area contributed by atoms with Gasteiger partial charge in [0.1, 0.15) is 6.10 Å². The maximum absolute atomic E-state index is 11.0. The van der Waals surface area contributed by atoms with Crippen LogP contribution >= 0.6 is 0 Å². The molecule has 1 heterocycles. The Labute approximate surface area is 131 Å². The highest BCUT2D eigenvalue weighted by molar-refractivity contribution is 5.72. The SMILES string of the molecule is CC(=O)NCC1OC(O)C(OCc2ccccc2)C(C)C1C. The molecule has 0 radical (unpaired) electrons. The van der Waals surface area contributed by atoms with Crippen LogP contribution in [-0.2, 0) is 20.9 Å². The Morgan fingerprint density at radius 1 is 1.27 bits per heavy atom. The summed E-state index contributed by atoms with van der Waals surface area (Å²) < 4.78 is 11.5. The fraction of sp³-hybridized carbons (Fsp3) is 0.588. The van der Waals surface area contributed by atoms with Gasteiger partial charge in [-0.05, 0) is 17.4 Å². The van der Waals surface area contributed by atoms with Crippen LogP contribution in [0.1, 0.15) is 26.3 Å². The molecule has 0 aliphatic carbocycles. The van der Waals surface area contributed by atoms with Gasteiger partial charge in [0.2, 0.25) is 5.91 Å². The molecule has 5 atom stereocenters. The van der Waals surface area contributed by atoms with Crippen LogP contribution in [0.4, 0.5) is 0 Å². The molecule has 2 N–H and O–H groups in total. The zero-order valence-corrected chi connectivity index (χ0v) is 13.4. The highest BCUT2D eigenvalue weighted by Gasteiger charge is 2.41. The van der Waals surface area contributed by atoms with Gasteiger partial charge >= 0.3 is 0 Å². The first-order valence-corrected chi connectivity index (χ1v) is 7.72. The van der Waals surface area contributed by atoms with Gasteiger partial charge in [-0.25, -0.2) is 0 Å². The van der Waals surface area contributed by atoms with Gasteiger partial charge in [-0.15, -0.1) is 0 Å². The lowest BCUT2D eigenvalue weighted by Crippen LogP contribution is -2.53. The molecule has 1 saturated heterocycles. The van der Waals surface area contributed by atoms with Gasteiger partial charge in [0, 0.05) is 13.5 Å². The third-order valence-electron chi connectivity index (χ3n) is 4.37. The molecular formula is C17H25NO4. The lowest BCUT2D eigenvalue weighted by molar-refractivity contribution is -0.263. The number of aliphatic hydroxyl groups is 1. The number of hydrogen-bond acceptors (Lipinski definition) is 4. The Hall–Kier alpha value is -1.43. The van der Waals surface area contributed by atoms with Crippen LogP contribution in [0.15, 0.2) is 30.3 Å². The van der Waals surface area contributed by atoms with E-state index in [0.29, 0.717) is 13.2 Å². The van der Waals surface area contributed by atoms with Crippen molar-refractivity contribution in [3.8, 4) is 0 Å². The van der Waals surface area contributed by atoms with Crippen LogP contribution in [0.3, 0.4) is 0 Å². The molecule has 0 spiro atoms. The van der Waals surface area contributed by atoms with Gasteiger partial charge in [0.25, 0.3) is 0 Å². The van der Waals surface area contributed by atoms with E-state index >= 15 is 0 Å². The first-order valence-electron chi connectivity index (χ1n) is 7.72. The minimum atomic E-state index is -0.978. The fourth-order valence-corrected chi connectivity index (χ4v) is 2.76. The molecule has 1 aliphatic rings. The predicted octanol–water partition coefficient (Wildman–Crippen LogP) is 1.70. The van der Waals surface area contributed by atoms with Crippen molar-refractivity contribution < 1.29 is 19.4 Å². The molecule has 1 aromatic carbocycles. The molecule has 0 bridgehead atoms. The van der Waals surface area contributed by atoms with Gasteiger partial charge in [-0.1, -0.05) is 44.2 Å². The molecule has 1 fully saturated rings. The zero-order valence-electron chi connectivity index (χ0n) is 13.4. The van der Waals surface area contributed by atoms with Crippen molar-refractivity contribution >= 4 is 5.91 Å². The minimum Gasteiger partial charge on any atom is -0.368 e. The summed E-state index contributed by atoms with van der Waals surface area (Å²) in [5.41, 5.74) is 1.06. The van der Waals surface area contributed by atoms with Crippen molar-refractivity contribution in [3.05, 3.63) is 35.9 Å². The standard InChI is InChI=1S/C17H25NO4/c1-11-12(2)16(21-10-14-7-5-4-6-8-14)17(20)22-15(11)9-18-13(3)19/h4-8,11-12,15-17,20H,9-10H2,1-3H3,(H,18,19). The summed E-state index contributed by atoms with van der Waals surface area (Å²) in [6, 6.07) is 9.86. The summed E-state index contributed by atoms with van der Waals surface area (Å²) in [5, 5.41) is 13.0. The molecule has 1 amide bonds. The normalized spacial score (nSPS) is 31.7. The molecule has 0 aromatic heterocycles. The molecule has 2 rings (SSSR count). The van der Waals surface area contributed by atoms with Crippen molar-refractivity contribution in [2.24, 2.45) is 11.8 Å². The van der Waals surface area contributed by atoms with Crippen molar-refractivity contribution in [3.63, 3.8) is 0 Å². The summed E-state index contributed by atoms with van der Waals surface area (Å²) in [6.07, 6.45) is -1.55. The molecule has 122 valence electrons. The zero-order chi connectivity index (χ0) is 16.1. The Morgan fingerprint density at radius 3 is 2.59 bits per heavy atom. The van der Waals surface area contributed by atoms with E-state index < -0.39 is 6.29 Å². The Bertz CT molecular complexity index is 479. The quantitative estimate of drug-likeness (QED) is 0.869. The predicted molar refractivity (Wildman–Crippen MR) is 82.9 cm³/mol. The van der Waals surface area contributed by atoms with Crippen LogP contribution < -0.4 is 5.32 Å². The smallest absolute Gasteiger partial charge is 0.216 e. The highest BCUT2D eigenvalue weighted by atomic mass is 16.6. The summed E-state index contributed by atoms with van der Waals surface area (Å²) in [5.74, 6) is 0.211. The summed E-state index contributed by atoms with van der Waals surface area (Å²) in [6.45, 7) is 6.43. The Balaban J connectivity index is 1.92. The number of rotatable bonds is 5. The minimum absolute atomic E-state index is 0.0969. The van der Waals surface area contributed by atoms with E-state index in [0.717, 1.165) is 5.56 Å². The van der Waals surface area contributed by atoms with E-state index in [1.807, 2.05) is 37.3 Å². The summed E-state index contributed by atoms with van der Waals surface area (Å²) in [4.78, 5) is 11.0. The maximum Gasteiger partial charge on any atom is 0.216 e. The van der Waals surface area contributed by atoms with Crippen LogP contribution in [0.2, 0.25) is 0 Å². The number of amides is 1. The van der Waals surface area contributed by atoms with E-state index in [9.17, 15) is 9.90 Å². The third kappa shape index (κ3) is 4.29. The molecule has 5 nitrogen and oxygen atoms in total. The number of aliphatic hydroxyl groups excluding tert-OH is 1. The second-order valence-corrected chi connectivity index (χ2v) is 5.98. The Kier molecular flexibility index (Phi) is 5.94. The first kappa shape index (κ1) is 16.9. The van der Waals surface area contributed by atoms with Gasteiger partial charge in [-0.3, -0.25) is 4.79 Å². The number of carbonyl (C=O) groups excluding carboxylic acids is 1. The van der Waals surface area contributed by atoms with E-state index in [-0.39, 0.29) is 30.0 Å². The number of ether oxygens (including phenoxy) is 2. The van der Waals surface area contributed by atoms with Gasteiger partial charge in [-0.2, -0.15) is 0 Å². The van der Waals surface area contributed by atoms with E-state index in [4.69, 9.17) is 9.47 Å². The number of nitrogens with one attached hydrogen (secondary N) is 1.